The summed E-state index contributed by atoms with van der Waals surface area (Å²) in [6.07, 6.45) is 0.277. The highest BCUT2D eigenvalue weighted by molar-refractivity contribution is 7.92. The predicted molar refractivity (Wildman–Crippen MR) is 171 cm³/mol. The fourth-order valence-corrected chi connectivity index (χ4v) is 6.23. The largest absolute Gasteiger partial charge is 0.355 e. The summed E-state index contributed by atoms with van der Waals surface area (Å²) in [5.41, 5.74) is 5.05. The normalized spacial score (nSPS) is 11.9. The van der Waals surface area contributed by atoms with Gasteiger partial charge in [-0.3, -0.25) is 13.9 Å². The van der Waals surface area contributed by atoms with Crippen LogP contribution in [0.3, 0.4) is 0 Å². The number of carbonyl (C=O) groups is 2. The monoisotopic (exact) mass is 597 g/mol. The first-order valence-electron chi connectivity index (χ1n) is 14.4. The number of nitrogens with zero attached hydrogens (tertiary/aromatic N) is 2. The number of sulfonamides is 1. The molecular formula is C35H39N3O4S. The van der Waals surface area contributed by atoms with E-state index in [-0.39, 0.29) is 23.8 Å². The van der Waals surface area contributed by atoms with Gasteiger partial charge in [0.25, 0.3) is 10.0 Å². The van der Waals surface area contributed by atoms with Gasteiger partial charge in [-0.1, -0.05) is 95.6 Å². The van der Waals surface area contributed by atoms with Gasteiger partial charge in [-0.25, -0.2) is 8.42 Å². The quantitative estimate of drug-likeness (QED) is 0.231. The molecule has 0 saturated heterocycles. The van der Waals surface area contributed by atoms with Crippen LogP contribution in [0.15, 0.2) is 108 Å². The molecule has 224 valence electrons. The minimum absolute atomic E-state index is 0.0844. The Hall–Kier alpha value is -4.43. The molecule has 0 aliphatic rings. The Balaban J connectivity index is 1.78. The predicted octanol–water partition coefficient (Wildman–Crippen LogP) is 5.58. The van der Waals surface area contributed by atoms with E-state index >= 15 is 0 Å². The first-order valence-corrected chi connectivity index (χ1v) is 15.8. The third-order valence-corrected chi connectivity index (χ3v) is 9.09. The van der Waals surface area contributed by atoms with Crippen LogP contribution < -0.4 is 9.62 Å². The molecule has 0 saturated carbocycles. The van der Waals surface area contributed by atoms with Crippen LogP contribution in [0.5, 0.6) is 0 Å². The number of benzene rings is 4. The molecule has 1 atom stereocenters. The number of hydrogen-bond acceptors (Lipinski definition) is 4. The topological polar surface area (TPSA) is 86.8 Å². The maximum Gasteiger partial charge on any atom is 0.264 e. The average Bonchev–Trinajstić information content (AvgIpc) is 3.00. The highest BCUT2D eigenvalue weighted by atomic mass is 32.2. The third kappa shape index (κ3) is 8.11. The lowest BCUT2D eigenvalue weighted by molar-refractivity contribution is -0.140. The van der Waals surface area contributed by atoms with Gasteiger partial charge in [-0.05, 0) is 63.1 Å². The van der Waals surface area contributed by atoms with Crippen LogP contribution in [0.25, 0.3) is 0 Å². The summed E-state index contributed by atoms with van der Waals surface area (Å²) >= 11 is 0. The SMILES string of the molecule is CCNC(=O)C(Cc1ccccc1)N(Cc1ccc(C)cc1)C(=O)CN(c1ccc(C)cc1)S(=O)(=O)c1ccc(C)cc1. The van der Waals surface area contributed by atoms with E-state index < -0.39 is 28.5 Å². The fourth-order valence-electron chi connectivity index (χ4n) is 4.81. The summed E-state index contributed by atoms with van der Waals surface area (Å²) in [5, 5.41) is 2.88. The second-order valence-corrected chi connectivity index (χ2v) is 12.6. The molecule has 0 spiro atoms. The second-order valence-electron chi connectivity index (χ2n) is 10.8. The van der Waals surface area contributed by atoms with Crippen molar-refractivity contribution in [2.75, 3.05) is 17.4 Å². The summed E-state index contributed by atoms with van der Waals surface area (Å²) in [6, 6.07) is 30.0. The summed E-state index contributed by atoms with van der Waals surface area (Å²) in [6.45, 7) is 7.67. The van der Waals surface area contributed by atoms with Crippen LogP contribution in [0.1, 0.15) is 34.7 Å². The number of hydrogen-bond donors (Lipinski definition) is 1. The highest BCUT2D eigenvalue weighted by Gasteiger charge is 2.34. The Bertz CT molecular complexity index is 1620. The molecule has 2 amide bonds. The number of nitrogens with one attached hydrogen (secondary N) is 1. The number of amides is 2. The van der Waals surface area contributed by atoms with E-state index in [1.54, 1.807) is 36.4 Å². The zero-order valence-corrected chi connectivity index (χ0v) is 26.0. The molecule has 0 aliphatic heterocycles. The lowest BCUT2D eigenvalue weighted by Gasteiger charge is -2.34. The van der Waals surface area contributed by atoms with Crippen molar-refractivity contribution >= 4 is 27.5 Å². The summed E-state index contributed by atoms with van der Waals surface area (Å²) in [5.74, 6) is -0.779. The van der Waals surface area contributed by atoms with Gasteiger partial charge in [0.1, 0.15) is 12.6 Å². The van der Waals surface area contributed by atoms with Crippen molar-refractivity contribution in [1.29, 1.82) is 0 Å². The number of carbonyl (C=O) groups excluding carboxylic acids is 2. The molecule has 4 aromatic carbocycles. The standard InChI is InChI=1S/C35H39N3O4S/c1-5-36-35(40)33(23-29-9-7-6-8-10-29)37(24-30-17-11-26(2)12-18-30)34(39)25-38(31-19-13-27(3)14-20-31)43(41,42)32-21-15-28(4)16-22-32/h6-22,33H,5,23-25H2,1-4H3,(H,36,40). The van der Waals surface area contributed by atoms with Crippen LogP contribution in [-0.2, 0) is 32.6 Å². The Morgan fingerprint density at radius 3 is 1.81 bits per heavy atom. The summed E-state index contributed by atoms with van der Waals surface area (Å²) in [4.78, 5) is 29.5. The number of anilines is 1. The van der Waals surface area contributed by atoms with Gasteiger partial charge in [0.15, 0.2) is 0 Å². The molecule has 0 bridgehead atoms. The van der Waals surface area contributed by atoms with Crippen LogP contribution >= 0.6 is 0 Å². The Morgan fingerprint density at radius 2 is 1.26 bits per heavy atom. The first kappa shape index (κ1) is 31.5. The maximum atomic E-state index is 14.4. The minimum Gasteiger partial charge on any atom is -0.355 e. The molecule has 4 rings (SSSR count). The Morgan fingerprint density at radius 1 is 0.721 bits per heavy atom. The zero-order chi connectivity index (χ0) is 31.0. The van der Waals surface area contributed by atoms with E-state index in [0.717, 1.165) is 32.1 Å². The molecule has 0 aliphatic carbocycles. The molecule has 4 aromatic rings. The van der Waals surface area contributed by atoms with E-state index in [4.69, 9.17) is 0 Å². The van der Waals surface area contributed by atoms with Gasteiger partial charge in [-0.15, -0.1) is 0 Å². The Labute approximate surface area is 255 Å². The molecule has 7 nitrogen and oxygen atoms in total. The first-order chi connectivity index (χ1) is 20.6. The Kier molecular flexibility index (Phi) is 10.4. The molecule has 0 radical (unpaired) electrons. The minimum atomic E-state index is -4.12. The van der Waals surface area contributed by atoms with E-state index in [9.17, 15) is 18.0 Å². The molecule has 0 heterocycles. The van der Waals surface area contributed by atoms with Crippen molar-refractivity contribution in [3.63, 3.8) is 0 Å². The molecular weight excluding hydrogens is 558 g/mol. The molecule has 1 unspecified atom stereocenters. The molecule has 1 N–H and O–H groups in total. The van der Waals surface area contributed by atoms with Crippen molar-refractivity contribution < 1.29 is 18.0 Å². The van der Waals surface area contributed by atoms with Crippen LogP contribution in [0, 0.1) is 20.8 Å². The fraction of sp³-hybridized carbons (Fsp3) is 0.257. The van der Waals surface area contributed by atoms with E-state index in [2.05, 4.69) is 5.32 Å². The van der Waals surface area contributed by atoms with Gasteiger partial charge in [0, 0.05) is 19.5 Å². The van der Waals surface area contributed by atoms with Crippen molar-refractivity contribution in [2.24, 2.45) is 0 Å². The average molecular weight is 598 g/mol. The van der Waals surface area contributed by atoms with Gasteiger partial charge in [0.2, 0.25) is 11.8 Å². The zero-order valence-electron chi connectivity index (χ0n) is 25.2. The molecule has 0 fully saturated rings. The van der Waals surface area contributed by atoms with Gasteiger partial charge < -0.3 is 10.2 Å². The highest BCUT2D eigenvalue weighted by Crippen LogP contribution is 2.26. The number of likely N-dealkylation sites (N-methyl/N-ethyl adjacent to an activating group) is 1. The molecule has 43 heavy (non-hydrogen) atoms. The number of rotatable bonds is 12. The lowest BCUT2D eigenvalue weighted by Crippen LogP contribution is -2.53. The van der Waals surface area contributed by atoms with Crippen LogP contribution in [0.2, 0.25) is 0 Å². The smallest absolute Gasteiger partial charge is 0.264 e. The van der Waals surface area contributed by atoms with E-state index in [0.29, 0.717) is 12.2 Å². The van der Waals surface area contributed by atoms with Gasteiger partial charge in [0.05, 0.1) is 10.6 Å². The van der Waals surface area contributed by atoms with Gasteiger partial charge in [-0.2, -0.15) is 0 Å². The van der Waals surface area contributed by atoms with Crippen molar-refractivity contribution in [3.8, 4) is 0 Å². The maximum absolute atomic E-state index is 14.4. The molecule has 8 heteroatoms. The van der Waals surface area contributed by atoms with Crippen LogP contribution in [-0.4, -0.2) is 44.3 Å². The van der Waals surface area contributed by atoms with E-state index in [1.807, 2.05) is 94.4 Å². The van der Waals surface area contributed by atoms with Crippen LogP contribution in [0.4, 0.5) is 5.69 Å². The summed E-state index contributed by atoms with van der Waals surface area (Å²) in [7, 11) is -4.12. The second kappa shape index (κ2) is 14.2. The van der Waals surface area contributed by atoms with Crippen molar-refractivity contribution in [2.45, 2.75) is 51.6 Å². The summed E-state index contributed by atoms with van der Waals surface area (Å²) < 4.78 is 29.2. The molecule has 0 aromatic heterocycles. The van der Waals surface area contributed by atoms with E-state index in [1.165, 1.54) is 4.90 Å². The van der Waals surface area contributed by atoms with Crippen molar-refractivity contribution in [1.82, 2.24) is 10.2 Å². The lowest BCUT2D eigenvalue weighted by atomic mass is 10.0. The number of aryl methyl sites for hydroxylation is 3. The third-order valence-electron chi connectivity index (χ3n) is 7.31. The van der Waals surface area contributed by atoms with Crippen molar-refractivity contribution in [3.05, 3.63) is 131 Å². The van der Waals surface area contributed by atoms with Gasteiger partial charge >= 0.3 is 0 Å².